The SMILES string of the molecule is C[C@H](Oc1cc(-c2cnn3ccccc23)sc1C(N)=O)c1ccccc1Cl. The van der Waals surface area contributed by atoms with E-state index >= 15 is 0 Å². The average Bonchev–Trinajstić information content (AvgIpc) is 3.26. The Morgan fingerprint density at radius 3 is 2.81 bits per heavy atom. The molecule has 5 nitrogen and oxygen atoms in total. The van der Waals surface area contributed by atoms with Gasteiger partial charge in [-0.2, -0.15) is 5.10 Å². The van der Waals surface area contributed by atoms with Crippen LogP contribution < -0.4 is 10.5 Å². The number of ether oxygens (including phenoxy) is 1. The highest BCUT2D eigenvalue weighted by Crippen LogP contribution is 2.40. The zero-order valence-electron chi connectivity index (χ0n) is 14.4. The van der Waals surface area contributed by atoms with Crippen molar-refractivity contribution >= 4 is 34.4 Å². The third-order valence-electron chi connectivity index (χ3n) is 4.26. The lowest BCUT2D eigenvalue weighted by Crippen LogP contribution is -2.12. The highest BCUT2D eigenvalue weighted by atomic mass is 35.5. The van der Waals surface area contributed by atoms with E-state index < -0.39 is 5.91 Å². The first-order chi connectivity index (χ1) is 13.0. The highest BCUT2D eigenvalue weighted by Gasteiger charge is 2.21. The first-order valence-corrected chi connectivity index (χ1v) is 9.51. The Hall–Kier alpha value is -2.83. The lowest BCUT2D eigenvalue weighted by Gasteiger charge is -2.16. The number of nitrogens with zero attached hydrogens (tertiary/aromatic N) is 2. The predicted octanol–water partition coefficient (Wildman–Crippen LogP) is 4.96. The standard InChI is InChI=1S/C20H16ClN3O2S/c1-12(13-6-2-3-7-15(13)21)26-17-10-18(27-19(17)20(22)25)14-11-23-24-9-5-4-8-16(14)24/h2-12H,1H3,(H2,22,25)/t12-/m0/s1. The summed E-state index contributed by atoms with van der Waals surface area (Å²) >= 11 is 7.56. The number of carbonyl (C=O) groups excluding carboxylic acids is 1. The molecule has 1 amide bonds. The molecule has 0 radical (unpaired) electrons. The highest BCUT2D eigenvalue weighted by molar-refractivity contribution is 7.17. The summed E-state index contributed by atoms with van der Waals surface area (Å²) in [7, 11) is 0. The van der Waals surface area contributed by atoms with Gasteiger partial charge >= 0.3 is 0 Å². The quantitative estimate of drug-likeness (QED) is 0.517. The minimum Gasteiger partial charge on any atom is -0.484 e. The molecule has 27 heavy (non-hydrogen) atoms. The minimum atomic E-state index is -0.524. The zero-order chi connectivity index (χ0) is 19.0. The molecule has 0 fully saturated rings. The van der Waals surface area contributed by atoms with Gasteiger partial charge in [0.2, 0.25) is 0 Å². The van der Waals surface area contributed by atoms with Crippen molar-refractivity contribution in [3.63, 3.8) is 0 Å². The van der Waals surface area contributed by atoms with Crippen LogP contribution in [-0.4, -0.2) is 15.5 Å². The van der Waals surface area contributed by atoms with Gasteiger partial charge in [-0.3, -0.25) is 4.79 Å². The van der Waals surface area contributed by atoms with Gasteiger partial charge in [0.25, 0.3) is 5.91 Å². The summed E-state index contributed by atoms with van der Waals surface area (Å²) in [6.07, 6.45) is 3.31. The smallest absolute Gasteiger partial charge is 0.262 e. The molecule has 1 aromatic carbocycles. The molecule has 1 atom stereocenters. The third kappa shape index (κ3) is 3.29. The molecule has 0 bridgehead atoms. The van der Waals surface area contributed by atoms with Crippen molar-refractivity contribution in [2.75, 3.05) is 0 Å². The minimum absolute atomic E-state index is 0.330. The summed E-state index contributed by atoms with van der Waals surface area (Å²) in [5.74, 6) is -0.0747. The van der Waals surface area contributed by atoms with E-state index in [4.69, 9.17) is 22.1 Å². The van der Waals surface area contributed by atoms with Crippen molar-refractivity contribution in [3.05, 3.63) is 76.4 Å². The van der Waals surface area contributed by atoms with Crippen molar-refractivity contribution in [1.29, 1.82) is 0 Å². The Balaban J connectivity index is 1.73. The van der Waals surface area contributed by atoms with Crippen LogP contribution in [0.25, 0.3) is 16.0 Å². The van der Waals surface area contributed by atoms with E-state index in [1.807, 2.05) is 61.7 Å². The van der Waals surface area contributed by atoms with Crippen molar-refractivity contribution < 1.29 is 9.53 Å². The Kier molecular flexibility index (Phi) is 4.59. The van der Waals surface area contributed by atoms with Gasteiger partial charge in [0.15, 0.2) is 0 Å². The van der Waals surface area contributed by atoms with Crippen molar-refractivity contribution in [2.45, 2.75) is 13.0 Å². The van der Waals surface area contributed by atoms with E-state index in [2.05, 4.69) is 5.10 Å². The number of benzene rings is 1. The first-order valence-electron chi connectivity index (χ1n) is 8.32. The Morgan fingerprint density at radius 1 is 1.26 bits per heavy atom. The number of amides is 1. The van der Waals surface area contributed by atoms with Crippen LogP contribution >= 0.6 is 22.9 Å². The van der Waals surface area contributed by atoms with Crippen LogP contribution in [0.3, 0.4) is 0 Å². The molecule has 4 rings (SSSR count). The van der Waals surface area contributed by atoms with E-state index in [9.17, 15) is 4.79 Å². The van der Waals surface area contributed by atoms with Crippen molar-refractivity contribution in [1.82, 2.24) is 9.61 Å². The molecule has 0 spiro atoms. The van der Waals surface area contributed by atoms with Gasteiger partial charge in [0.1, 0.15) is 16.7 Å². The number of thiophene rings is 1. The van der Waals surface area contributed by atoms with Crippen LogP contribution in [0.4, 0.5) is 0 Å². The lowest BCUT2D eigenvalue weighted by atomic mass is 10.1. The van der Waals surface area contributed by atoms with Crippen molar-refractivity contribution in [3.8, 4) is 16.2 Å². The summed E-state index contributed by atoms with van der Waals surface area (Å²) in [5, 5.41) is 4.96. The van der Waals surface area contributed by atoms with Gasteiger partial charge in [-0.25, -0.2) is 4.52 Å². The maximum absolute atomic E-state index is 12.0. The van der Waals surface area contributed by atoms with Gasteiger partial charge in [-0.1, -0.05) is 35.9 Å². The maximum atomic E-state index is 12.0. The van der Waals surface area contributed by atoms with Crippen molar-refractivity contribution in [2.24, 2.45) is 5.73 Å². The summed E-state index contributed by atoms with van der Waals surface area (Å²) in [5.41, 5.74) is 8.29. The number of halogens is 1. The van der Waals surface area contributed by atoms with Crippen LogP contribution in [0.2, 0.25) is 5.02 Å². The fourth-order valence-electron chi connectivity index (χ4n) is 2.95. The normalized spacial score (nSPS) is 12.2. The number of fused-ring (bicyclic) bond motifs is 1. The average molecular weight is 398 g/mol. The molecular weight excluding hydrogens is 382 g/mol. The molecular formula is C20H16ClN3O2S. The second kappa shape index (κ2) is 7.06. The van der Waals surface area contributed by atoms with Gasteiger partial charge < -0.3 is 10.5 Å². The zero-order valence-corrected chi connectivity index (χ0v) is 16.0. The van der Waals surface area contributed by atoms with E-state index in [1.165, 1.54) is 11.3 Å². The third-order valence-corrected chi connectivity index (χ3v) is 5.77. The second-order valence-electron chi connectivity index (χ2n) is 6.04. The van der Waals surface area contributed by atoms with Crippen LogP contribution in [-0.2, 0) is 0 Å². The molecule has 3 aromatic heterocycles. The van der Waals surface area contributed by atoms with E-state index in [-0.39, 0.29) is 6.10 Å². The summed E-state index contributed by atoms with van der Waals surface area (Å²) in [6, 6.07) is 15.1. The Bertz CT molecular complexity index is 1140. The van der Waals surface area contributed by atoms with Gasteiger partial charge in [-0.05, 0) is 31.2 Å². The van der Waals surface area contributed by atoms with E-state index in [0.717, 1.165) is 21.5 Å². The molecule has 0 unspecified atom stereocenters. The largest absolute Gasteiger partial charge is 0.484 e. The topological polar surface area (TPSA) is 69.6 Å². The fourth-order valence-corrected chi connectivity index (χ4v) is 4.20. The molecule has 4 aromatic rings. The van der Waals surface area contributed by atoms with Crippen LogP contribution in [0.1, 0.15) is 28.3 Å². The van der Waals surface area contributed by atoms with Gasteiger partial charge in [0.05, 0.1) is 11.7 Å². The number of carbonyl (C=O) groups is 1. The number of hydrogen-bond donors (Lipinski definition) is 1. The van der Waals surface area contributed by atoms with E-state index in [0.29, 0.717) is 15.6 Å². The predicted molar refractivity (Wildman–Crippen MR) is 108 cm³/mol. The Morgan fingerprint density at radius 2 is 2.04 bits per heavy atom. The molecule has 0 saturated heterocycles. The fraction of sp³-hybridized carbons (Fsp3) is 0.100. The van der Waals surface area contributed by atoms with Gasteiger partial charge in [0, 0.05) is 27.2 Å². The molecule has 0 saturated carbocycles. The van der Waals surface area contributed by atoms with E-state index in [1.54, 1.807) is 10.7 Å². The number of rotatable bonds is 5. The molecule has 3 heterocycles. The van der Waals surface area contributed by atoms with Crippen LogP contribution in [0, 0.1) is 0 Å². The number of aromatic nitrogens is 2. The van der Waals surface area contributed by atoms with Crippen LogP contribution in [0.15, 0.2) is 60.9 Å². The molecule has 0 aliphatic heterocycles. The second-order valence-corrected chi connectivity index (χ2v) is 7.50. The number of nitrogens with two attached hydrogens (primary N) is 1. The number of primary amides is 1. The number of hydrogen-bond acceptors (Lipinski definition) is 4. The summed E-state index contributed by atoms with van der Waals surface area (Å²) in [4.78, 5) is 13.2. The molecule has 2 N–H and O–H groups in total. The summed E-state index contributed by atoms with van der Waals surface area (Å²) in [6.45, 7) is 1.89. The molecule has 0 aliphatic carbocycles. The molecule has 0 aliphatic rings. The lowest BCUT2D eigenvalue weighted by molar-refractivity contribution is 0.0998. The van der Waals surface area contributed by atoms with Crippen LogP contribution in [0.5, 0.6) is 5.75 Å². The monoisotopic (exact) mass is 397 g/mol. The molecule has 7 heteroatoms. The summed E-state index contributed by atoms with van der Waals surface area (Å²) < 4.78 is 7.85. The maximum Gasteiger partial charge on any atom is 0.262 e. The van der Waals surface area contributed by atoms with Gasteiger partial charge in [-0.15, -0.1) is 11.3 Å². The Labute approximate surface area is 165 Å². The number of pyridine rings is 1. The first kappa shape index (κ1) is 17.6. The molecule has 136 valence electrons.